The molecule has 1 saturated carbocycles. The molecule has 1 aliphatic heterocycles. The number of rotatable bonds is 5. The van der Waals surface area contributed by atoms with Crippen LogP contribution in [0.3, 0.4) is 0 Å². The van der Waals surface area contributed by atoms with Gasteiger partial charge in [0.2, 0.25) is 5.91 Å². The number of methoxy groups -OCH3 is 1. The highest BCUT2D eigenvalue weighted by Crippen LogP contribution is 2.42. The number of ether oxygens (including phenoxy) is 1. The van der Waals surface area contributed by atoms with Crippen LogP contribution in [0.1, 0.15) is 38.7 Å². The first-order valence-electron chi connectivity index (χ1n) is 11.2. The Balaban J connectivity index is 1.55. The van der Waals surface area contributed by atoms with Gasteiger partial charge in [0, 0.05) is 10.9 Å². The maximum atomic E-state index is 13.4. The molecule has 2 aromatic carbocycles. The topological polar surface area (TPSA) is 58.6 Å². The summed E-state index contributed by atoms with van der Waals surface area (Å²) in [4.78, 5) is 29.5. The number of benzene rings is 2. The number of nitrogens with zero attached hydrogens (tertiary/aromatic N) is 1. The first-order chi connectivity index (χ1) is 15.5. The molecule has 2 amide bonds. The molecular formula is C26H30N2O3S. The van der Waals surface area contributed by atoms with Crippen molar-refractivity contribution in [3.05, 3.63) is 59.0 Å². The largest absolute Gasteiger partial charge is 0.497 e. The van der Waals surface area contributed by atoms with Crippen molar-refractivity contribution >= 4 is 35.3 Å². The van der Waals surface area contributed by atoms with Crippen molar-refractivity contribution in [3.8, 4) is 5.75 Å². The van der Waals surface area contributed by atoms with Gasteiger partial charge in [-0.15, -0.1) is 0 Å². The van der Waals surface area contributed by atoms with E-state index in [1.807, 2.05) is 54.6 Å². The van der Waals surface area contributed by atoms with Crippen LogP contribution in [0.15, 0.2) is 58.3 Å². The number of amides is 2. The number of hydrogen-bond donors (Lipinski definition) is 1. The summed E-state index contributed by atoms with van der Waals surface area (Å²) >= 11 is 1.44. The van der Waals surface area contributed by atoms with Crippen LogP contribution in [0.2, 0.25) is 0 Å². The van der Waals surface area contributed by atoms with Crippen molar-refractivity contribution in [2.75, 3.05) is 18.6 Å². The molecule has 0 saturated heterocycles. The summed E-state index contributed by atoms with van der Waals surface area (Å²) in [6.45, 7) is 4.48. The van der Waals surface area contributed by atoms with Crippen molar-refractivity contribution in [2.45, 2.75) is 44.0 Å². The Morgan fingerprint density at radius 3 is 2.66 bits per heavy atom. The van der Waals surface area contributed by atoms with Gasteiger partial charge in [0.15, 0.2) is 0 Å². The lowest BCUT2D eigenvalue weighted by molar-refractivity contribution is -0.123. The van der Waals surface area contributed by atoms with Gasteiger partial charge < -0.3 is 10.1 Å². The number of hydrogen-bond acceptors (Lipinski definition) is 4. The fourth-order valence-electron chi connectivity index (χ4n) is 4.45. The number of thioether (sulfide) groups is 1. The SMILES string of the molecule is COc1ccc(/C=C2\Sc3ccccc3N(CC(=O)NC3CCCC(C)C3C)C2=O)cc1. The van der Waals surface area contributed by atoms with E-state index in [-0.39, 0.29) is 24.4 Å². The zero-order valence-corrected chi connectivity index (χ0v) is 19.7. The van der Waals surface area contributed by atoms with Gasteiger partial charge in [-0.3, -0.25) is 14.5 Å². The molecule has 0 aromatic heterocycles. The van der Waals surface area contributed by atoms with E-state index in [2.05, 4.69) is 19.2 Å². The van der Waals surface area contributed by atoms with Gasteiger partial charge in [0.25, 0.3) is 5.91 Å². The smallest absolute Gasteiger partial charge is 0.265 e. The molecule has 6 heteroatoms. The highest BCUT2D eigenvalue weighted by atomic mass is 32.2. The highest BCUT2D eigenvalue weighted by molar-refractivity contribution is 8.04. The van der Waals surface area contributed by atoms with E-state index >= 15 is 0 Å². The monoisotopic (exact) mass is 450 g/mol. The maximum Gasteiger partial charge on any atom is 0.265 e. The molecule has 0 spiro atoms. The van der Waals surface area contributed by atoms with Gasteiger partial charge in [-0.1, -0.05) is 62.7 Å². The van der Waals surface area contributed by atoms with E-state index < -0.39 is 0 Å². The third-order valence-corrected chi connectivity index (χ3v) is 7.68. The standard InChI is InChI=1S/C26H30N2O3S/c1-17-7-6-8-21(18(17)2)27-25(29)16-28-22-9-4-5-10-23(22)32-24(26(28)30)15-19-11-13-20(31-3)14-12-19/h4-5,9-15,17-18,21H,6-8,16H2,1-3H3,(H,27,29)/b24-15-. The first-order valence-corrected chi connectivity index (χ1v) is 12.0. The fourth-order valence-corrected chi connectivity index (χ4v) is 5.51. The quantitative estimate of drug-likeness (QED) is 0.643. The normalized spacial score (nSPS) is 24.2. The number of nitrogens with one attached hydrogen (secondary N) is 1. The lowest BCUT2D eigenvalue weighted by Gasteiger charge is -2.35. The van der Waals surface area contributed by atoms with E-state index in [1.54, 1.807) is 12.0 Å². The Hall–Kier alpha value is -2.73. The number of carbonyl (C=O) groups excluding carboxylic acids is 2. The summed E-state index contributed by atoms with van der Waals surface area (Å²) in [6.07, 6.45) is 5.22. The molecule has 0 radical (unpaired) electrons. The van der Waals surface area contributed by atoms with Crippen LogP contribution in [0, 0.1) is 11.8 Å². The van der Waals surface area contributed by atoms with Crippen molar-refractivity contribution in [2.24, 2.45) is 11.8 Å². The molecule has 32 heavy (non-hydrogen) atoms. The minimum Gasteiger partial charge on any atom is -0.497 e. The molecule has 2 aromatic rings. The summed E-state index contributed by atoms with van der Waals surface area (Å²) in [6, 6.07) is 15.5. The number of anilines is 1. The van der Waals surface area contributed by atoms with E-state index in [0.717, 1.165) is 34.7 Å². The summed E-state index contributed by atoms with van der Waals surface area (Å²) < 4.78 is 5.22. The van der Waals surface area contributed by atoms with Gasteiger partial charge in [-0.2, -0.15) is 0 Å². The zero-order valence-electron chi connectivity index (χ0n) is 18.8. The molecular weight excluding hydrogens is 420 g/mol. The Bertz CT molecular complexity index is 1020. The summed E-state index contributed by atoms with van der Waals surface area (Å²) in [7, 11) is 1.63. The van der Waals surface area contributed by atoms with Gasteiger partial charge in [0.1, 0.15) is 12.3 Å². The van der Waals surface area contributed by atoms with E-state index in [1.165, 1.54) is 18.2 Å². The predicted octanol–water partition coefficient (Wildman–Crippen LogP) is 5.12. The van der Waals surface area contributed by atoms with Crippen LogP contribution in [0.4, 0.5) is 5.69 Å². The lowest BCUT2D eigenvalue weighted by Crippen LogP contribution is -2.49. The van der Waals surface area contributed by atoms with Gasteiger partial charge in [-0.05, 0) is 54.2 Å². The third kappa shape index (κ3) is 4.85. The van der Waals surface area contributed by atoms with Crippen LogP contribution in [0.25, 0.3) is 6.08 Å². The van der Waals surface area contributed by atoms with Crippen LogP contribution in [-0.4, -0.2) is 31.5 Å². The van der Waals surface area contributed by atoms with Crippen LogP contribution in [-0.2, 0) is 9.59 Å². The molecule has 0 bridgehead atoms. The molecule has 2 aliphatic rings. The highest BCUT2D eigenvalue weighted by Gasteiger charge is 2.32. The summed E-state index contributed by atoms with van der Waals surface area (Å²) in [5, 5.41) is 3.20. The van der Waals surface area contributed by atoms with Crippen molar-refractivity contribution in [3.63, 3.8) is 0 Å². The Kier molecular flexibility index (Phi) is 6.89. The molecule has 1 N–H and O–H groups in total. The molecule has 3 unspecified atom stereocenters. The average Bonchev–Trinajstić information content (AvgIpc) is 2.80. The minimum absolute atomic E-state index is 0.0218. The van der Waals surface area contributed by atoms with Gasteiger partial charge in [-0.25, -0.2) is 0 Å². The number of fused-ring (bicyclic) bond motifs is 1. The van der Waals surface area contributed by atoms with E-state index in [9.17, 15) is 9.59 Å². The maximum absolute atomic E-state index is 13.4. The second-order valence-corrected chi connectivity index (χ2v) is 9.77. The number of carbonyl (C=O) groups is 2. The van der Waals surface area contributed by atoms with Crippen LogP contribution < -0.4 is 15.0 Å². The Labute approximate surface area is 194 Å². The lowest BCUT2D eigenvalue weighted by atomic mass is 9.78. The van der Waals surface area contributed by atoms with E-state index in [4.69, 9.17) is 4.74 Å². The molecule has 1 aliphatic carbocycles. The van der Waals surface area contributed by atoms with Crippen molar-refractivity contribution in [1.29, 1.82) is 0 Å². The Morgan fingerprint density at radius 2 is 1.91 bits per heavy atom. The molecule has 4 rings (SSSR count). The predicted molar refractivity (Wildman–Crippen MR) is 130 cm³/mol. The second kappa shape index (κ2) is 9.82. The van der Waals surface area contributed by atoms with Gasteiger partial charge >= 0.3 is 0 Å². The first kappa shape index (κ1) is 22.5. The zero-order chi connectivity index (χ0) is 22.7. The molecule has 3 atom stereocenters. The number of para-hydroxylation sites is 1. The molecule has 5 nitrogen and oxygen atoms in total. The van der Waals surface area contributed by atoms with E-state index in [0.29, 0.717) is 16.7 Å². The summed E-state index contributed by atoms with van der Waals surface area (Å²) in [5.41, 5.74) is 1.70. The summed E-state index contributed by atoms with van der Waals surface area (Å²) in [5.74, 6) is 1.56. The minimum atomic E-state index is -0.148. The van der Waals surface area contributed by atoms with Crippen LogP contribution >= 0.6 is 11.8 Å². The second-order valence-electron chi connectivity index (χ2n) is 8.68. The third-order valence-electron chi connectivity index (χ3n) is 6.60. The van der Waals surface area contributed by atoms with Crippen molar-refractivity contribution in [1.82, 2.24) is 5.32 Å². The molecule has 1 fully saturated rings. The van der Waals surface area contributed by atoms with Crippen molar-refractivity contribution < 1.29 is 14.3 Å². The average molecular weight is 451 g/mol. The van der Waals surface area contributed by atoms with Crippen LogP contribution in [0.5, 0.6) is 5.75 Å². The molecule has 1 heterocycles. The molecule has 168 valence electrons. The van der Waals surface area contributed by atoms with Gasteiger partial charge in [0.05, 0.1) is 17.7 Å². The Morgan fingerprint density at radius 1 is 1.16 bits per heavy atom. The fraction of sp³-hybridized carbons (Fsp3) is 0.385.